The highest BCUT2D eigenvalue weighted by molar-refractivity contribution is 5.43. The maximum atomic E-state index is 5.73. The Kier molecular flexibility index (Phi) is 3.62. The lowest BCUT2D eigenvalue weighted by atomic mass is 10.1. The molecule has 0 atom stereocenters. The van der Waals surface area contributed by atoms with Crippen molar-refractivity contribution in [1.82, 2.24) is 10.2 Å². The van der Waals surface area contributed by atoms with Gasteiger partial charge in [0.25, 0.3) is 5.89 Å². The fraction of sp³-hybridized carbons (Fsp3) is 0.385. The molecule has 1 heterocycles. The molecule has 0 saturated carbocycles. The van der Waals surface area contributed by atoms with Gasteiger partial charge in [-0.25, -0.2) is 0 Å². The number of hydrogen-bond acceptors (Lipinski definition) is 5. The summed E-state index contributed by atoms with van der Waals surface area (Å²) in [7, 11) is 0. The summed E-state index contributed by atoms with van der Waals surface area (Å²) < 4.78 is 11.0. The Morgan fingerprint density at radius 2 is 1.83 bits per heavy atom. The number of aryl methyl sites for hydroxylation is 3. The first-order chi connectivity index (χ1) is 8.60. The van der Waals surface area contributed by atoms with E-state index in [1.54, 1.807) is 6.92 Å². The van der Waals surface area contributed by atoms with Crippen LogP contribution in [0, 0.1) is 20.8 Å². The number of nitrogens with two attached hydrogens (primary N) is 1. The van der Waals surface area contributed by atoms with Gasteiger partial charge in [-0.15, -0.1) is 10.2 Å². The summed E-state index contributed by atoms with van der Waals surface area (Å²) in [6.45, 7) is 6.57. The van der Waals surface area contributed by atoms with Gasteiger partial charge in [-0.3, -0.25) is 0 Å². The van der Waals surface area contributed by atoms with Crippen LogP contribution in [0.2, 0.25) is 0 Å². The van der Waals surface area contributed by atoms with E-state index in [2.05, 4.69) is 10.2 Å². The third kappa shape index (κ3) is 2.68. The largest absolute Gasteiger partial charge is 0.483 e. The van der Waals surface area contributed by atoms with Crippen LogP contribution in [-0.2, 0) is 13.2 Å². The van der Waals surface area contributed by atoms with Crippen LogP contribution in [0.1, 0.15) is 28.5 Å². The van der Waals surface area contributed by atoms with E-state index in [1.165, 1.54) is 0 Å². The molecule has 0 unspecified atom stereocenters. The van der Waals surface area contributed by atoms with Crippen LogP contribution in [0.3, 0.4) is 0 Å². The van der Waals surface area contributed by atoms with E-state index in [9.17, 15) is 0 Å². The molecule has 0 fully saturated rings. The fourth-order valence-corrected chi connectivity index (χ4v) is 1.92. The highest BCUT2D eigenvalue weighted by Crippen LogP contribution is 2.25. The Morgan fingerprint density at radius 1 is 1.17 bits per heavy atom. The zero-order valence-electron chi connectivity index (χ0n) is 10.9. The number of aromatic nitrogens is 2. The average Bonchev–Trinajstić information content (AvgIpc) is 2.73. The molecule has 0 aliphatic carbocycles. The predicted octanol–water partition coefficient (Wildman–Crippen LogP) is 2.03. The zero-order chi connectivity index (χ0) is 13.1. The average molecular weight is 247 g/mol. The van der Waals surface area contributed by atoms with Crippen molar-refractivity contribution in [2.24, 2.45) is 5.73 Å². The predicted molar refractivity (Wildman–Crippen MR) is 67.2 cm³/mol. The molecular weight excluding hydrogens is 230 g/mol. The number of hydrogen-bond donors (Lipinski definition) is 1. The van der Waals surface area contributed by atoms with Crippen molar-refractivity contribution in [3.05, 3.63) is 40.6 Å². The van der Waals surface area contributed by atoms with Crippen LogP contribution < -0.4 is 10.5 Å². The van der Waals surface area contributed by atoms with Gasteiger partial charge in [-0.05, 0) is 30.5 Å². The standard InChI is InChI=1S/C13H17N3O2/c1-8-4-11(6-14)5-9(2)13(8)17-7-12-16-15-10(3)18-12/h4-5H,6-7,14H2,1-3H3. The van der Waals surface area contributed by atoms with Crippen molar-refractivity contribution >= 4 is 0 Å². The minimum Gasteiger partial charge on any atom is -0.483 e. The molecule has 0 spiro atoms. The van der Waals surface area contributed by atoms with E-state index >= 15 is 0 Å². The lowest BCUT2D eigenvalue weighted by Gasteiger charge is -2.12. The maximum absolute atomic E-state index is 5.73. The van der Waals surface area contributed by atoms with E-state index in [0.29, 0.717) is 18.3 Å². The number of nitrogens with zero attached hydrogens (tertiary/aromatic N) is 2. The van der Waals surface area contributed by atoms with Crippen LogP contribution in [0.4, 0.5) is 0 Å². The third-order valence-electron chi connectivity index (χ3n) is 2.66. The van der Waals surface area contributed by atoms with Crippen LogP contribution in [-0.4, -0.2) is 10.2 Å². The van der Waals surface area contributed by atoms with E-state index in [4.69, 9.17) is 14.9 Å². The highest BCUT2D eigenvalue weighted by Gasteiger charge is 2.08. The molecule has 96 valence electrons. The van der Waals surface area contributed by atoms with E-state index < -0.39 is 0 Å². The molecule has 18 heavy (non-hydrogen) atoms. The number of benzene rings is 1. The zero-order valence-corrected chi connectivity index (χ0v) is 10.9. The van der Waals surface area contributed by atoms with Gasteiger partial charge in [-0.1, -0.05) is 12.1 Å². The lowest BCUT2D eigenvalue weighted by Crippen LogP contribution is -2.02. The lowest BCUT2D eigenvalue weighted by molar-refractivity contribution is 0.257. The second-order valence-electron chi connectivity index (χ2n) is 4.27. The Labute approximate surface area is 106 Å². The van der Waals surface area contributed by atoms with Crippen molar-refractivity contribution in [2.75, 3.05) is 0 Å². The third-order valence-corrected chi connectivity index (χ3v) is 2.66. The Balaban J connectivity index is 2.14. The van der Waals surface area contributed by atoms with Crippen LogP contribution in [0.25, 0.3) is 0 Å². The van der Waals surface area contributed by atoms with Crippen LogP contribution in [0.5, 0.6) is 5.75 Å². The molecule has 2 rings (SSSR count). The Bertz CT molecular complexity index is 526. The van der Waals surface area contributed by atoms with Crippen LogP contribution >= 0.6 is 0 Å². The van der Waals surface area contributed by atoms with E-state index in [1.807, 2.05) is 26.0 Å². The summed E-state index contributed by atoms with van der Waals surface area (Å²) >= 11 is 0. The first kappa shape index (κ1) is 12.6. The first-order valence-corrected chi connectivity index (χ1v) is 5.82. The van der Waals surface area contributed by atoms with Crippen molar-refractivity contribution in [2.45, 2.75) is 33.9 Å². The molecule has 5 nitrogen and oxygen atoms in total. The van der Waals surface area contributed by atoms with Gasteiger partial charge in [0.15, 0.2) is 6.61 Å². The molecule has 0 aliphatic heterocycles. The minimum atomic E-state index is 0.282. The first-order valence-electron chi connectivity index (χ1n) is 5.82. The molecule has 0 radical (unpaired) electrons. The molecule has 1 aromatic heterocycles. The van der Waals surface area contributed by atoms with E-state index in [0.717, 1.165) is 22.4 Å². The van der Waals surface area contributed by atoms with E-state index in [-0.39, 0.29) is 6.61 Å². The smallest absolute Gasteiger partial charge is 0.253 e. The summed E-state index contributed by atoms with van der Waals surface area (Å²) in [6, 6.07) is 4.06. The molecular formula is C13H17N3O2. The van der Waals surface area contributed by atoms with Gasteiger partial charge in [0, 0.05) is 13.5 Å². The molecule has 0 bridgehead atoms. The van der Waals surface area contributed by atoms with Gasteiger partial charge < -0.3 is 14.9 Å². The maximum Gasteiger partial charge on any atom is 0.253 e. The van der Waals surface area contributed by atoms with Crippen molar-refractivity contribution in [1.29, 1.82) is 0 Å². The molecule has 5 heteroatoms. The molecule has 1 aromatic carbocycles. The van der Waals surface area contributed by atoms with Gasteiger partial charge in [0.2, 0.25) is 5.89 Å². The van der Waals surface area contributed by atoms with Gasteiger partial charge in [-0.2, -0.15) is 0 Å². The summed E-state index contributed by atoms with van der Waals surface area (Å²) in [5.41, 5.74) is 8.86. The van der Waals surface area contributed by atoms with Crippen LogP contribution in [0.15, 0.2) is 16.5 Å². The Hall–Kier alpha value is -1.88. The summed E-state index contributed by atoms with van der Waals surface area (Å²) in [4.78, 5) is 0. The molecule has 0 saturated heterocycles. The van der Waals surface area contributed by atoms with Gasteiger partial charge >= 0.3 is 0 Å². The second-order valence-corrected chi connectivity index (χ2v) is 4.27. The van der Waals surface area contributed by atoms with Crippen molar-refractivity contribution in [3.63, 3.8) is 0 Å². The van der Waals surface area contributed by atoms with Gasteiger partial charge in [0.05, 0.1) is 0 Å². The summed E-state index contributed by atoms with van der Waals surface area (Å²) in [6.07, 6.45) is 0. The number of ether oxygens (including phenoxy) is 1. The molecule has 0 aliphatic rings. The molecule has 0 amide bonds. The molecule has 2 N–H and O–H groups in total. The SMILES string of the molecule is Cc1nnc(COc2c(C)cc(CN)cc2C)o1. The molecule has 2 aromatic rings. The van der Waals surface area contributed by atoms with Crippen molar-refractivity contribution in [3.8, 4) is 5.75 Å². The monoisotopic (exact) mass is 247 g/mol. The second kappa shape index (κ2) is 5.18. The van der Waals surface area contributed by atoms with Gasteiger partial charge in [0.1, 0.15) is 5.75 Å². The minimum absolute atomic E-state index is 0.282. The summed E-state index contributed by atoms with van der Waals surface area (Å²) in [5, 5.41) is 7.65. The summed E-state index contributed by atoms with van der Waals surface area (Å²) in [5.74, 6) is 1.87. The van der Waals surface area contributed by atoms with Crippen molar-refractivity contribution < 1.29 is 9.15 Å². The number of rotatable bonds is 4. The highest BCUT2D eigenvalue weighted by atomic mass is 16.5. The fourth-order valence-electron chi connectivity index (χ4n) is 1.92. The quantitative estimate of drug-likeness (QED) is 0.894. The topological polar surface area (TPSA) is 74.2 Å². The Morgan fingerprint density at radius 3 is 2.33 bits per heavy atom. The normalized spacial score (nSPS) is 10.7.